The zero-order valence-electron chi connectivity index (χ0n) is 20.7. The topological polar surface area (TPSA) is 73.8 Å². The molecule has 9 heteroatoms. The molecule has 2 heterocycles. The van der Waals surface area contributed by atoms with Crippen LogP contribution in [0.1, 0.15) is 49.5 Å². The Morgan fingerprint density at radius 2 is 1.74 bits per heavy atom. The molecule has 3 aromatic rings. The largest absolute Gasteiger partial charge is 0.345 e. The highest BCUT2D eigenvalue weighted by Gasteiger charge is 2.26. The molecule has 1 fully saturated rings. The molecule has 1 aliphatic heterocycles. The second-order valence-corrected chi connectivity index (χ2v) is 11.8. The number of aromatic nitrogens is 1. The van der Waals surface area contributed by atoms with Crippen LogP contribution in [0.5, 0.6) is 0 Å². The summed E-state index contributed by atoms with van der Waals surface area (Å²) in [6.45, 7) is 9.65. The summed E-state index contributed by atoms with van der Waals surface area (Å²) in [6, 6.07) is 12.8. The van der Waals surface area contributed by atoms with Gasteiger partial charge in [0.25, 0.3) is 5.91 Å². The predicted molar refractivity (Wildman–Crippen MR) is 143 cm³/mol. The van der Waals surface area contributed by atoms with Crippen molar-refractivity contribution in [2.24, 2.45) is 0 Å². The van der Waals surface area contributed by atoms with Crippen LogP contribution in [-0.2, 0) is 16.4 Å². The molecule has 0 unspecified atom stereocenters. The number of sulfonamides is 1. The summed E-state index contributed by atoms with van der Waals surface area (Å²) in [6.07, 6.45) is 2.77. The number of nitrogens with zero attached hydrogens (tertiary/aromatic N) is 4. The number of aryl methyl sites for hydroxylation is 1. The van der Waals surface area contributed by atoms with E-state index in [-0.39, 0.29) is 10.8 Å². The number of thiazole rings is 1. The molecule has 0 saturated carbocycles. The number of rotatable bonds is 9. The number of amides is 1. The first-order valence-electron chi connectivity index (χ1n) is 12.4. The van der Waals surface area contributed by atoms with Gasteiger partial charge in [-0.1, -0.05) is 44.6 Å². The molecule has 35 heavy (non-hydrogen) atoms. The SMILES string of the molecule is CCCCN(CC)S(=O)(=O)c1ccc(C(=O)N2CCN(c3nc4ccc(CC)cc4s3)CC2)cc1. The summed E-state index contributed by atoms with van der Waals surface area (Å²) in [5, 5.41) is 0.999. The van der Waals surface area contributed by atoms with Crippen molar-refractivity contribution in [1.29, 1.82) is 0 Å². The average molecular weight is 515 g/mol. The van der Waals surface area contributed by atoms with E-state index in [9.17, 15) is 13.2 Å². The number of benzene rings is 2. The van der Waals surface area contributed by atoms with Gasteiger partial charge < -0.3 is 9.80 Å². The number of anilines is 1. The fourth-order valence-electron chi connectivity index (χ4n) is 4.30. The van der Waals surface area contributed by atoms with Crippen molar-refractivity contribution < 1.29 is 13.2 Å². The van der Waals surface area contributed by atoms with Crippen LogP contribution in [0.15, 0.2) is 47.4 Å². The molecule has 1 amide bonds. The molecule has 0 atom stereocenters. The number of hydrogen-bond acceptors (Lipinski definition) is 6. The third-order valence-corrected chi connectivity index (χ3v) is 9.61. The first-order valence-corrected chi connectivity index (χ1v) is 14.7. The highest BCUT2D eigenvalue weighted by molar-refractivity contribution is 7.89. The number of hydrogen-bond donors (Lipinski definition) is 0. The van der Waals surface area contributed by atoms with Gasteiger partial charge in [-0.25, -0.2) is 13.4 Å². The lowest BCUT2D eigenvalue weighted by Gasteiger charge is -2.34. The zero-order valence-corrected chi connectivity index (χ0v) is 22.4. The maximum atomic E-state index is 13.1. The minimum Gasteiger partial charge on any atom is -0.345 e. The van der Waals surface area contributed by atoms with E-state index in [0.717, 1.165) is 43.0 Å². The molecule has 1 aliphatic rings. The molecule has 0 spiro atoms. The molecule has 4 rings (SSSR count). The van der Waals surface area contributed by atoms with E-state index in [0.29, 0.717) is 31.7 Å². The molecule has 0 aliphatic carbocycles. The van der Waals surface area contributed by atoms with Crippen LogP contribution in [0.2, 0.25) is 0 Å². The van der Waals surface area contributed by atoms with Crippen LogP contribution in [0, 0.1) is 0 Å². The van der Waals surface area contributed by atoms with Crippen LogP contribution in [0.25, 0.3) is 10.2 Å². The molecular weight excluding hydrogens is 480 g/mol. The lowest BCUT2D eigenvalue weighted by molar-refractivity contribution is 0.0746. The molecule has 188 valence electrons. The van der Waals surface area contributed by atoms with Gasteiger partial charge >= 0.3 is 0 Å². The van der Waals surface area contributed by atoms with E-state index in [1.54, 1.807) is 35.6 Å². The average Bonchev–Trinajstić information content (AvgIpc) is 3.32. The van der Waals surface area contributed by atoms with E-state index in [4.69, 9.17) is 4.98 Å². The Labute approximate surface area is 212 Å². The molecule has 0 bridgehead atoms. The van der Waals surface area contributed by atoms with E-state index in [1.807, 2.05) is 18.7 Å². The first kappa shape index (κ1) is 25.6. The van der Waals surface area contributed by atoms with E-state index in [2.05, 4.69) is 30.0 Å². The Balaban J connectivity index is 1.39. The summed E-state index contributed by atoms with van der Waals surface area (Å²) in [5.41, 5.74) is 2.85. The number of piperazine rings is 1. The Morgan fingerprint density at radius 3 is 2.37 bits per heavy atom. The molecule has 1 aromatic heterocycles. The molecule has 0 N–H and O–H groups in total. The second-order valence-electron chi connectivity index (χ2n) is 8.81. The van der Waals surface area contributed by atoms with Crippen LogP contribution in [0.3, 0.4) is 0 Å². The Hall–Kier alpha value is -2.49. The molecular formula is C26H34N4O3S2. The van der Waals surface area contributed by atoms with Gasteiger partial charge in [0.05, 0.1) is 15.1 Å². The van der Waals surface area contributed by atoms with Crippen molar-refractivity contribution in [2.45, 2.75) is 44.9 Å². The fourth-order valence-corrected chi connectivity index (χ4v) is 6.87. The summed E-state index contributed by atoms with van der Waals surface area (Å²) in [4.78, 5) is 22.2. The quantitative estimate of drug-likeness (QED) is 0.416. The van der Waals surface area contributed by atoms with Gasteiger partial charge in [-0.2, -0.15) is 4.31 Å². The highest BCUT2D eigenvalue weighted by Crippen LogP contribution is 2.30. The minimum absolute atomic E-state index is 0.0659. The summed E-state index contributed by atoms with van der Waals surface area (Å²) in [5.74, 6) is -0.0659. The van der Waals surface area contributed by atoms with E-state index in [1.165, 1.54) is 14.6 Å². The lowest BCUT2D eigenvalue weighted by atomic mass is 10.2. The van der Waals surface area contributed by atoms with Crippen molar-refractivity contribution in [3.8, 4) is 0 Å². The maximum absolute atomic E-state index is 13.1. The summed E-state index contributed by atoms with van der Waals surface area (Å²) in [7, 11) is -3.55. The number of unbranched alkanes of at least 4 members (excludes halogenated alkanes) is 1. The van der Waals surface area contributed by atoms with Crippen LogP contribution >= 0.6 is 11.3 Å². The third kappa shape index (κ3) is 5.52. The Kier molecular flexibility index (Phi) is 8.09. The van der Waals surface area contributed by atoms with Crippen LogP contribution in [-0.4, -0.2) is 67.8 Å². The smallest absolute Gasteiger partial charge is 0.253 e. The van der Waals surface area contributed by atoms with Crippen LogP contribution in [0.4, 0.5) is 5.13 Å². The summed E-state index contributed by atoms with van der Waals surface area (Å²) < 4.78 is 28.6. The van der Waals surface area contributed by atoms with Gasteiger partial charge in [-0.15, -0.1) is 0 Å². The van der Waals surface area contributed by atoms with Crippen molar-refractivity contribution in [3.05, 3.63) is 53.6 Å². The highest BCUT2D eigenvalue weighted by atomic mass is 32.2. The third-order valence-electron chi connectivity index (χ3n) is 6.54. The standard InChI is InChI=1S/C26H34N4O3S2/c1-4-7-14-30(6-3)35(32,33)22-11-9-21(10-12-22)25(31)28-15-17-29(18-16-28)26-27-23-13-8-20(5-2)19-24(23)34-26/h8-13,19H,4-7,14-18H2,1-3H3. The maximum Gasteiger partial charge on any atom is 0.253 e. The second kappa shape index (κ2) is 11.1. The van der Waals surface area contributed by atoms with Gasteiger partial charge in [-0.3, -0.25) is 4.79 Å². The summed E-state index contributed by atoms with van der Waals surface area (Å²) >= 11 is 1.70. The van der Waals surface area contributed by atoms with Gasteiger partial charge in [-0.05, 0) is 54.8 Å². The number of fused-ring (bicyclic) bond motifs is 1. The molecule has 2 aromatic carbocycles. The Morgan fingerprint density at radius 1 is 1.03 bits per heavy atom. The van der Waals surface area contributed by atoms with Gasteiger partial charge in [0.1, 0.15) is 0 Å². The van der Waals surface area contributed by atoms with Crippen LogP contribution < -0.4 is 4.90 Å². The zero-order chi connectivity index (χ0) is 25.0. The molecule has 1 saturated heterocycles. The van der Waals surface area contributed by atoms with E-state index < -0.39 is 10.0 Å². The normalized spacial score (nSPS) is 14.7. The van der Waals surface area contributed by atoms with Crippen molar-refractivity contribution in [2.75, 3.05) is 44.2 Å². The monoisotopic (exact) mass is 514 g/mol. The molecule has 7 nitrogen and oxygen atoms in total. The van der Waals surface area contributed by atoms with Gasteiger partial charge in [0.15, 0.2) is 5.13 Å². The van der Waals surface area contributed by atoms with Gasteiger partial charge in [0, 0.05) is 44.8 Å². The van der Waals surface area contributed by atoms with Gasteiger partial charge in [0.2, 0.25) is 10.0 Å². The van der Waals surface area contributed by atoms with E-state index >= 15 is 0 Å². The molecule has 0 radical (unpaired) electrons. The van der Waals surface area contributed by atoms with Crippen molar-refractivity contribution in [3.63, 3.8) is 0 Å². The predicted octanol–water partition coefficient (Wildman–Crippen LogP) is 4.63. The lowest BCUT2D eigenvalue weighted by Crippen LogP contribution is -2.48. The Bertz CT molecular complexity index is 1260. The van der Waals surface area contributed by atoms with Crippen molar-refractivity contribution >= 4 is 42.6 Å². The number of carbonyl (C=O) groups excluding carboxylic acids is 1. The number of carbonyl (C=O) groups is 1. The fraction of sp³-hybridized carbons (Fsp3) is 0.462. The first-order chi connectivity index (χ1) is 16.9. The minimum atomic E-state index is -3.55. The van der Waals surface area contributed by atoms with Crippen molar-refractivity contribution in [1.82, 2.24) is 14.2 Å².